The molecule has 1 amide bonds. The minimum absolute atomic E-state index is 0.138. The van der Waals surface area contributed by atoms with Crippen LogP contribution in [-0.4, -0.2) is 26.9 Å². The Morgan fingerprint density at radius 1 is 1.18 bits per heavy atom. The monoisotopic (exact) mass is 395 g/mol. The summed E-state index contributed by atoms with van der Waals surface area (Å²) >= 11 is 1.36. The van der Waals surface area contributed by atoms with Crippen LogP contribution in [0.3, 0.4) is 0 Å². The highest BCUT2D eigenvalue weighted by Gasteiger charge is 2.26. The van der Waals surface area contributed by atoms with E-state index >= 15 is 0 Å². The van der Waals surface area contributed by atoms with Crippen molar-refractivity contribution in [2.24, 2.45) is 0 Å². The summed E-state index contributed by atoms with van der Waals surface area (Å²) in [5.74, 6) is 1.14. The number of hydrogen-bond donors (Lipinski definition) is 1. The van der Waals surface area contributed by atoms with Crippen LogP contribution in [0.15, 0.2) is 39.9 Å². The van der Waals surface area contributed by atoms with Crippen LogP contribution < -0.4 is 5.32 Å². The fraction of sp³-hybridized carbons (Fsp3) is 0.333. The topological polar surface area (TPSA) is 85.1 Å². The number of nitrogens with zero attached hydrogens (tertiary/aromatic N) is 2. The molecule has 0 aliphatic heterocycles. The van der Waals surface area contributed by atoms with Crippen molar-refractivity contribution >= 4 is 40.4 Å². The van der Waals surface area contributed by atoms with Crippen molar-refractivity contribution in [2.45, 2.75) is 49.9 Å². The van der Waals surface area contributed by atoms with Crippen molar-refractivity contribution in [3.05, 3.63) is 47.2 Å². The molecule has 1 atom stereocenters. The number of aromatic nitrogens is 2. The fourth-order valence-electron chi connectivity index (χ4n) is 3.35. The van der Waals surface area contributed by atoms with Crippen molar-refractivity contribution in [1.29, 1.82) is 0 Å². The third kappa shape index (κ3) is 3.67. The molecule has 0 bridgehead atoms. The van der Waals surface area contributed by atoms with Crippen LogP contribution in [0.4, 0.5) is 5.82 Å². The molecule has 0 saturated heterocycles. The zero-order valence-corrected chi connectivity index (χ0v) is 16.6. The third-order valence-electron chi connectivity index (χ3n) is 5.02. The number of aryl methyl sites for hydroxylation is 2. The Bertz CT molecular complexity index is 1050. The molecule has 1 aliphatic rings. The summed E-state index contributed by atoms with van der Waals surface area (Å²) in [6, 6.07) is 8.98. The first-order chi connectivity index (χ1) is 13.5. The lowest BCUT2D eigenvalue weighted by atomic mass is 9.99. The van der Waals surface area contributed by atoms with Crippen molar-refractivity contribution in [2.75, 3.05) is 5.32 Å². The third-order valence-corrected chi connectivity index (χ3v) is 6.20. The van der Waals surface area contributed by atoms with E-state index in [9.17, 15) is 9.59 Å². The molecular formula is C21H21N3O3S. The highest BCUT2D eigenvalue weighted by Crippen LogP contribution is 2.35. The maximum absolute atomic E-state index is 12.7. The van der Waals surface area contributed by atoms with Crippen LogP contribution >= 0.6 is 11.8 Å². The SMILES string of the molecule is Cc1oc2nc(SC3CCCCC3=O)nc(NC(=O)c3ccccc3)c2c1C. The van der Waals surface area contributed by atoms with E-state index in [0.29, 0.717) is 34.1 Å². The number of hydrogen-bond acceptors (Lipinski definition) is 6. The summed E-state index contributed by atoms with van der Waals surface area (Å²) in [6.07, 6.45) is 3.41. The Balaban J connectivity index is 1.70. The quantitative estimate of drug-likeness (QED) is 0.645. The molecule has 28 heavy (non-hydrogen) atoms. The molecule has 0 spiro atoms. The number of fused-ring (bicyclic) bond motifs is 1. The van der Waals surface area contributed by atoms with Gasteiger partial charge in [0, 0.05) is 17.5 Å². The standard InChI is InChI=1S/C21H21N3O3S/c1-12-13(2)27-20-17(12)18(22-19(26)14-8-4-3-5-9-14)23-21(24-20)28-16-11-7-6-10-15(16)25/h3-5,8-9,16H,6-7,10-11H2,1-2H3,(H,22,23,24,26). The number of amides is 1. The van der Waals surface area contributed by atoms with Gasteiger partial charge in [0.1, 0.15) is 17.4 Å². The van der Waals surface area contributed by atoms with Crippen molar-refractivity contribution in [1.82, 2.24) is 9.97 Å². The summed E-state index contributed by atoms with van der Waals surface area (Å²) in [5.41, 5.74) is 1.87. The minimum atomic E-state index is -0.247. The Morgan fingerprint density at radius 3 is 2.71 bits per heavy atom. The number of furan rings is 1. The van der Waals surface area contributed by atoms with Gasteiger partial charge in [-0.25, -0.2) is 4.98 Å². The lowest BCUT2D eigenvalue weighted by Crippen LogP contribution is -2.21. The first kappa shape index (κ1) is 18.7. The predicted molar refractivity (Wildman–Crippen MR) is 109 cm³/mol. The highest BCUT2D eigenvalue weighted by molar-refractivity contribution is 8.00. The van der Waals surface area contributed by atoms with E-state index in [1.54, 1.807) is 12.1 Å². The van der Waals surface area contributed by atoms with Crippen molar-refractivity contribution < 1.29 is 14.0 Å². The normalized spacial score (nSPS) is 17.1. The molecule has 6 nitrogen and oxygen atoms in total. The van der Waals surface area contributed by atoms with Gasteiger partial charge in [-0.15, -0.1) is 0 Å². The molecule has 4 rings (SSSR count). The van der Waals surface area contributed by atoms with Gasteiger partial charge < -0.3 is 9.73 Å². The minimum Gasteiger partial charge on any atom is -0.443 e. The van der Waals surface area contributed by atoms with Crippen LogP contribution in [0, 0.1) is 13.8 Å². The summed E-state index contributed by atoms with van der Waals surface area (Å²) < 4.78 is 5.78. The maximum Gasteiger partial charge on any atom is 0.256 e. The lowest BCUT2D eigenvalue weighted by Gasteiger charge is -2.19. The second kappa shape index (κ2) is 7.75. The second-order valence-electron chi connectivity index (χ2n) is 6.96. The number of Topliss-reactive ketones (excluding diaryl/α,β-unsaturated/α-hetero) is 1. The first-order valence-electron chi connectivity index (χ1n) is 9.36. The average Bonchev–Trinajstić information content (AvgIpc) is 2.98. The molecule has 1 saturated carbocycles. The van der Waals surface area contributed by atoms with E-state index in [2.05, 4.69) is 15.3 Å². The molecule has 1 aromatic carbocycles. The number of nitrogens with one attached hydrogen (secondary N) is 1. The van der Waals surface area contributed by atoms with Gasteiger partial charge in [-0.05, 0) is 38.8 Å². The van der Waals surface area contributed by atoms with Gasteiger partial charge in [-0.2, -0.15) is 4.98 Å². The van der Waals surface area contributed by atoms with E-state index in [-0.39, 0.29) is 16.9 Å². The van der Waals surface area contributed by atoms with Crippen LogP contribution in [0.2, 0.25) is 0 Å². The van der Waals surface area contributed by atoms with E-state index in [0.717, 1.165) is 30.6 Å². The maximum atomic E-state index is 12.7. The van der Waals surface area contributed by atoms with E-state index < -0.39 is 0 Å². The highest BCUT2D eigenvalue weighted by atomic mass is 32.2. The number of carbonyl (C=O) groups excluding carboxylic acids is 2. The largest absolute Gasteiger partial charge is 0.443 e. The lowest BCUT2D eigenvalue weighted by molar-refractivity contribution is -0.119. The molecular weight excluding hydrogens is 374 g/mol. The molecule has 3 aromatic rings. The average molecular weight is 395 g/mol. The van der Waals surface area contributed by atoms with Gasteiger partial charge in [0.25, 0.3) is 5.91 Å². The zero-order valence-electron chi connectivity index (χ0n) is 15.8. The molecule has 2 aromatic heterocycles. The van der Waals surface area contributed by atoms with Gasteiger partial charge in [-0.3, -0.25) is 9.59 Å². The van der Waals surface area contributed by atoms with Crippen LogP contribution in [0.1, 0.15) is 47.4 Å². The van der Waals surface area contributed by atoms with Crippen LogP contribution in [-0.2, 0) is 4.79 Å². The molecule has 1 aliphatic carbocycles. The first-order valence-corrected chi connectivity index (χ1v) is 10.2. The molecule has 144 valence electrons. The molecule has 1 N–H and O–H groups in total. The summed E-state index contributed by atoms with van der Waals surface area (Å²) in [5, 5.41) is 3.90. The van der Waals surface area contributed by atoms with Crippen molar-refractivity contribution in [3.8, 4) is 0 Å². The molecule has 7 heteroatoms. The van der Waals surface area contributed by atoms with E-state index in [1.807, 2.05) is 32.0 Å². The number of ketones is 1. The smallest absolute Gasteiger partial charge is 0.256 e. The summed E-state index contributed by atoms with van der Waals surface area (Å²) in [7, 11) is 0. The molecule has 1 fully saturated rings. The van der Waals surface area contributed by atoms with E-state index in [1.165, 1.54) is 11.8 Å². The Morgan fingerprint density at radius 2 is 1.96 bits per heavy atom. The van der Waals surface area contributed by atoms with Gasteiger partial charge >= 0.3 is 0 Å². The predicted octanol–water partition coefficient (Wildman–Crippen LogP) is 4.70. The Labute approximate surface area is 167 Å². The van der Waals surface area contributed by atoms with Crippen LogP contribution in [0.5, 0.6) is 0 Å². The van der Waals surface area contributed by atoms with Gasteiger partial charge in [0.15, 0.2) is 5.16 Å². The summed E-state index contributed by atoms with van der Waals surface area (Å²) in [4.78, 5) is 33.9. The van der Waals surface area contributed by atoms with Gasteiger partial charge in [0.05, 0.1) is 10.6 Å². The molecule has 1 unspecified atom stereocenters. The van der Waals surface area contributed by atoms with Crippen molar-refractivity contribution in [3.63, 3.8) is 0 Å². The number of thioether (sulfide) groups is 1. The Kier molecular flexibility index (Phi) is 5.17. The number of rotatable bonds is 4. The van der Waals surface area contributed by atoms with Gasteiger partial charge in [0.2, 0.25) is 5.71 Å². The number of anilines is 1. The fourth-order valence-corrected chi connectivity index (χ4v) is 4.41. The van der Waals surface area contributed by atoms with E-state index in [4.69, 9.17) is 4.42 Å². The molecule has 0 radical (unpaired) electrons. The summed E-state index contributed by atoms with van der Waals surface area (Å²) in [6.45, 7) is 3.78. The Hall–Kier alpha value is -2.67. The molecule has 2 heterocycles. The zero-order chi connectivity index (χ0) is 19.7. The second-order valence-corrected chi connectivity index (χ2v) is 8.13. The number of benzene rings is 1. The van der Waals surface area contributed by atoms with Gasteiger partial charge in [-0.1, -0.05) is 36.4 Å². The van der Waals surface area contributed by atoms with Crippen LogP contribution in [0.25, 0.3) is 11.1 Å². The number of carbonyl (C=O) groups is 2.